The maximum atomic E-state index is 12.6. The highest BCUT2D eigenvalue weighted by Gasteiger charge is 2.19. The second-order valence-corrected chi connectivity index (χ2v) is 4.82. The molecule has 0 saturated carbocycles. The van der Waals surface area contributed by atoms with E-state index >= 15 is 0 Å². The van der Waals surface area contributed by atoms with Crippen LogP contribution >= 0.6 is 0 Å². The zero-order valence-corrected chi connectivity index (χ0v) is 11.4. The van der Waals surface area contributed by atoms with Crippen molar-refractivity contribution in [3.8, 4) is 0 Å². The molecule has 0 radical (unpaired) electrons. The van der Waals surface area contributed by atoms with Gasteiger partial charge in [-0.05, 0) is 25.1 Å². The normalized spacial score (nSPS) is 10.7. The topological polar surface area (TPSA) is 78.0 Å². The van der Waals surface area contributed by atoms with E-state index in [0.717, 1.165) is 5.56 Å². The van der Waals surface area contributed by atoms with E-state index < -0.39 is 5.91 Å². The van der Waals surface area contributed by atoms with Crippen molar-refractivity contribution in [1.29, 1.82) is 0 Å². The number of fused-ring (bicyclic) bond motifs is 1. The van der Waals surface area contributed by atoms with Crippen LogP contribution in [0.1, 0.15) is 26.4 Å². The highest BCUT2D eigenvalue weighted by molar-refractivity contribution is 6.08. The van der Waals surface area contributed by atoms with Crippen molar-refractivity contribution >= 4 is 22.7 Å². The Balaban J connectivity index is 2.21. The summed E-state index contributed by atoms with van der Waals surface area (Å²) in [5, 5.41) is 4.66. The maximum Gasteiger partial charge on any atom is 0.278 e. The summed E-state index contributed by atoms with van der Waals surface area (Å²) in [6.45, 7) is 1.91. The number of carbonyl (C=O) groups excluding carboxylic acids is 2. The van der Waals surface area contributed by atoms with Gasteiger partial charge >= 0.3 is 0 Å². The molecule has 0 bridgehead atoms. The number of para-hydroxylation sites is 1. The molecule has 0 spiro atoms. The first-order valence-electron chi connectivity index (χ1n) is 6.47. The lowest BCUT2D eigenvalue weighted by Gasteiger charge is -2.03. The van der Waals surface area contributed by atoms with Gasteiger partial charge in [-0.25, -0.2) is 0 Å². The number of nitrogens with zero attached hydrogens (tertiary/aromatic N) is 2. The van der Waals surface area contributed by atoms with E-state index in [4.69, 9.17) is 5.73 Å². The molecule has 0 unspecified atom stereocenters. The highest BCUT2D eigenvalue weighted by Crippen LogP contribution is 2.19. The van der Waals surface area contributed by atoms with Crippen LogP contribution in [-0.4, -0.2) is 21.6 Å². The van der Waals surface area contributed by atoms with Crippen LogP contribution in [0.15, 0.2) is 48.5 Å². The van der Waals surface area contributed by atoms with E-state index in [1.165, 1.54) is 4.68 Å². The maximum absolute atomic E-state index is 12.6. The molecule has 0 aliphatic rings. The lowest BCUT2D eigenvalue weighted by Crippen LogP contribution is -2.17. The van der Waals surface area contributed by atoms with Gasteiger partial charge in [-0.1, -0.05) is 35.9 Å². The van der Waals surface area contributed by atoms with Gasteiger partial charge in [-0.2, -0.15) is 9.78 Å². The summed E-state index contributed by atoms with van der Waals surface area (Å²) in [5.74, 6) is -0.940. The monoisotopic (exact) mass is 279 g/mol. The van der Waals surface area contributed by atoms with Crippen LogP contribution in [0.2, 0.25) is 0 Å². The Hall–Kier alpha value is -2.95. The predicted octanol–water partition coefficient (Wildman–Crippen LogP) is 2.13. The van der Waals surface area contributed by atoms with Crippen molar-refractivity contribution in [3.05, 3.63) is 65.4 Å². The first kappa shape index (κ1) is 13.1. The molecule has 21 heavy (non-hydrogen) atoms. The highest BCUT2D eigenvalue weighted by atomic mass is 16.2. The van der Waals surface area contributed by atoms with Gasteiger partial charge in [0.05, 0.1) is 5.52 Å². The van der Waals surface area contributed by atoms with Crippen molar-refractivity contribution in [1.82, 2.24) is 9.78 Å². The molecule has 1 aromatic heterocycles. The summed E-state index contributed by atoms with van der Waals surface area (Å²) >= 11 is 0. The Kier molecular flexibility index (Phi) is 3.02. The quantitative estimate of drug-likeness (QED) is 0.780. The fraction of sp³-hybridized carbons (Fsp3) is 0.0625. The minimum absolute atomic E-state index is 0.103. The van der Waals surface area contributed by atoms with Crippen LogP contribution in [0.5, 0.6) is 0 Å². The van der Waals surface area contributed by atoms with Crippen LogP contribution in [-0.2, 0) is 0 Å². The minimum Gasteiger partial charge on any atom is -0.364 e. The van der Waals surface area contributed by atoms with E-state index in [0.29, 0.717) is 16.5 Å². The van der Waals surface area contributed by atoms with Crippen LogP contribution in [0.25, 0.3) is 10.9 Å². The molecule has 0 fully saturated rings. The van der Waals surface area contributed by atoms with Crippen LogP contribution in [0.3, 0.4) is 0 Å². The Morgan fingerprint density at radius 1 is 1.10 bits per heavy atom. The van der Waals surface area contributed by atoms with E-state index in [1.807, 2.05) is 19.1 Å². The molecule has 2 N–H and O–H groups in total. The fourth-order valence-electron chi connectivity index (χ4n) is 2.30. The third-order valence-electron chi connectivity index (χ3n) is 3.28. The van der Waals surface area contributed by atoms with Gasteiger partial charge in [-0.3, -0.25) is 9.59 Å². The number of rotatable bonds is 2. The van der Waals surface area contributed by atoms with E-state index in [2.05, 4.69) is 5.10 Å². The SMILES string of the molecule is Cc1cccc(C(=O)n2nc(C(N)=O)c3ccccc32)c1. The summed E-state index contributed by atoms with van der Waals surface area (Å²) in [7, 11) is 0. The van der Waals surface area contributed by atoms with Crippen molar-refractivity contribution in [2.24, 2.45) is 5.73 Å². The van der Waals surface area contributed by atoms with Crippen molar-refractivity contribution in [2.45, 2.75) is 6.92 Å². The number of benzene rings is 2. The average Bonchev–Trinajstić information content (AvgIpc) is 2.86. The van der Waals surface area contributed by atoms with Crippen LogP contribution in [0.4, 0.5) is 0 Å². The Bertz CT molecular complexity index is 865. The number of hydrogen-bond donors (Lipinski definition) is 1. The molecule has 1 heterocycles. The number of aryl methyl sites for hydroxylation is 1. The van der Waals surface area contributed by atoms with Crippen molar-refractivity contribution < 1.29 is 9.59 Å². The molecular weight excluding hydrogens is 266 g/mol. The predicted molar refractivity (Wildman–Crippen MR) is 79.2 cm³/mol. The van der Waals surface area contributed by atoms with E-state index in [1.54, 1.807) is 36.4 Å². The summed E-state index contributed by atoms with van der Waals surface area (Å²) in [4.78, 5) is 24.1. The van der Waals surface area contributed by atoms with E-state index in [-0.39, 0.29) is 11.6 Å². The Morgan fingerprint density at radius 2 is 1.86 bits per heavy atom. The first-order chi connectivity index (χ1) is 10.1. The molecule has 3 aromatic rings. The summed E-state index contributed by atoms with van der Waals surface area (Å²) < 4.78 is 1.23. The summed E-state index contributed by atoms with van der Waals surface area (Å²) in [6, 6.07) is 14.2. The number of primary amides is 1. The zero-order valence-electron chi connectivity index (χ0n) is 11.4. The molecule has 5 nitrogen and oxygen atoms in total. The molecule has 1 amide bonds. The molecular formula is C16H13N3O2. The lowest BCUT2D eigenvalue weighted by molar-refractivity contribution is 0.0948. The number of aromatic nitrogens is 2. The first-order valence-corrected chi connectivity index (χ1v) is 6.47. The minimum atomic E-state index is -0.651. The van der Waals surface area contributed by atoms with Gasteiger partial charge in [0, 0.05) is 10.9 Å². The van der Waals surface area contributed by atoms with Gasteiger partial charge in [0.25, 0.3) is 11.8 Å². The fourth-order valence-corrected chi connectivity index (χ4v) is 2.30. The molecule has 5 heteroatoms. The third kappa shape index (κ3) is 2.18. The van der Waals surface area contributed by atoms with Gasteiger partial charge in [0.1, 0.15) is 0 Å². The number of nitrogens with two attached hydrogens (primary N) is 1. The van der Waals surface area contributed by atoms with Crippen LogP contribution in [0, 0.1) is 6.92 Å². The van der Waals surface area contributed by atoms with Gasteiger partial charge < -0.3 is 5.73 Å². The summed E-state index contributed by atoms with van der Waals surface area (Å²) in [6.07, 6.45) is 0. The van der Waals surface area contributed by atoms with Gasteiger partial charge in [0.2, 0.25) is 0 Å². The molecule has 2 aromatic carbocycles. The van der Waals surface area contributed by atoms with Gasteiger partial charge in [-0.15, -0.1) is 0 Å². The molecule has 0 atom stereocenters. The van der Waals surface area contributed by atoms with Gasteiger partial charge in [0.15, 0.2) is 5.69 Å². The number of hydrogen-bond acceptors (Lipinski definition) is 3. The largest absolute Gasteiger partial charge is 0.364 e. The third-order valence-corrected chi connectivity index (χ3v) is 3.28. The second kappa shape index (κ2) is 4.86. The standard InChI is InChI=1S/C16H13N3O2/c1-10-5-4-6-11(9-10)16(21)19-13-8-3-2-7-12(13)14(18-19)15(17)20/h2-9H,1H3,(H2,17,20). The summed E-state index contributed by atoms with van der Waals surface area (Å²) in [5.41, 5.74) is 7.49. The number of carbonyl (C=O) groups is 2. The van der Waals surface area contributed by atoms with E-state index in [9.17, 15) is 9.59 Å². The molecule has 3 rings (SSSR count). The zero-order chi connectivity index (χ0) is 15.0. The number of amides is 1. The van der Waals surface area contributed by atoms with Crippen LogP contribution < -0.4 is 5.73 Å². The molecule has 0 aliphatic carbocycles. The second-order valence-electron chi connectivity index (χ2n) is 4.82. The van der Waals surface area contributed by atoms with Crippen molar-refractivity contribution in [3.63, 3.8) is 0 Å². The average molecular weight is 279 g/mol. The molecule has 0 saturated heterocycles. The van der Waals surface area contributed by atoms with Crippen molar-refractivity contribution in [2.75, 3.05) is 0 Å². The smallest absolute Gasteiger partial charge is 0.278 e. The Morgan fingerprint density at radius 3 is 2.57 bits per heavy atom. The Labute approximate surface area is 121 Å². The molecule has 0 aliphatic heterocycles. The lowest BCUT2D eigenvalue weighted by atomic mass is 10.1. The molecule has 104 valence electrons.